The summed E-state index contributed by atoms with van der Waals surface area (Å²) in [6, 6.07) is 3.17. The van der Waals surface area contributed by atoms with Crippen LogP contribution in [0.25, 0.3) is 0 Å². The first-order chi connectivity index (χ1) is 8.70. The van der Waals surface area contributed by atoms with Crippen molar-refractivity contribution in [1.29, 1.82) is 0 Å². The van der Waals surface area contributed by atoms with Gasteiger partial charge in [-0.05, 0) is 12.1 Å². The summed E-state index contributed by atoms with van der Waals surface area (Å²) in [4.78, 5) is 31.1. The van der Waals surface area contributed by atoms with E-state index in [1.807, 2.05) is 0 Å². The predicted octanol–water partition coefficient (Wildman–Crippen LogP) is 1.58. The van der Waals surface area contributed by atoms with Gasteiger partial charge in [0.15, 0.2) is 5.13 Å². The summed E-state index contributed by atoms with van der Waals surface area (Å²) >= 11 is 1.06. The van der Waals surface area contributed by atoms with E-state index in [9.17, 15) is 9.59 Å². The molecule has 0 fully saturated rings. The first-order valence-electron chi connectivity index (χ1n) is 4.96. The Morgan fingerprint density at radius 1 is 1.33 bits per heavy atom. The SMILES string of the molecule is COC(=O)c1cnc(NC(=O)c2ccncc2)s1. The van der Waals surface area contributed by atoms with E-state index in [2.05, 4.69) is 20.0 Å². The van der Waals surface area contributed by atoms with E-state index < -0.39 is 5.97 Å². The zero-order valence-corrected chi connectivity index (χ0v) is 10.2. The third-order valence-electron chi connectivity index (χ3n) is 2.06. The average Bonchev–Trinajstić information content (AvgIpc) is 2.87. The Morgan fingerprint density at radius 2 is 2.06 bits per heavy atom. The third-order valence-corrected chi connectivity index (χ3v) is 2.95. The zero-order valence-electron chi connectivity index (χ0n) is 9.41. The number of nitrogens with zero attached hydrogens (tertiary/aromatic N) is 2. The molecule has 0 bridgehead atoms. The van der Waals surface area contributed by atoms with E-state index in [4.69, 9.17) is 0 Å². The van der Waals surface area contributed by atoms with Crippen LogP contribution in [0.2, 0.25) is 0 Å². The first kappa shape index (κ1) is 12.2. The van der Waals surface area contributed by atoms with Crippen LogP contribution in [0, 0.1) is 0 Å². The molecule has 0 saturated heterocycles. The van der Waals surface area contributed by atoms with Crippen molar-refractivity contribution < 1.29 is 14.3 Å². The minimum atomic E-state index is -0.475. The Morgan fingerprint density at radius 3 is 2.72 bits per heavy atom. The van der Waals surface area contributed by atoms with Gasteiger partial charge < -0.3 is 4.74 Å². The van der Waals surface area contributed by atoms with Crippen LogP contribution in [-0.2, 0) is 4.74 Å². The molecule has 0 aromatic carbocycles. The number of amides is 1. The zero-order chi connectivity index (χ0) is 13.0. The number of carbonyl (C=O) groups is 2. The number of anilines is 1. The van der Waals surface area contributed by atoms with Crippen LogP contribution in [0.4, 0.5) is 5.13 Å². The number of aromatic nitrogens is 2. The molecule has 1 amide bonds. The molecule has 2 rings (SSSR count). The molecular formula is C11H9N3O3S. The van der Waals surface area contributed by atoms with Crippen LogP contribution in [-0.4, -0.2) is 29.0 Å². The molecule has 18 heavy (non-hydrogen) atoms. The molecule has 0 saturated carbocycles. The van der Waals surface area contributed by atoms with E-state index >= 15 is 0 Å². The normalized spacial score (nSPS) is 9.83. The summed E-state index contributed by atoms with van der Waals surface area (Å²) in [5, 5.41) is 2.94. The molecule has 7 heteroatoms. The molecular weight excluding hydrogens is 254 g/mol. The van der Waals surface area contributed by atoms with Gasteiger partial charge in [0.25, 0.3) is 5.91 Å². The standard InChI is InChI=1S/C11H9N3O3S/c1-17-10(16)8-6-13-11(18-8)14-9(15)7-2-4-12-5-3-7/h2-6H,1H3,(H,13,14,15). The van der Waals surface area contributed by atoms with Crippen LogP contribution < -0.4 is 5.32 Å². The minimum Gasteiger partial charge on any atom is -0.465 e. The number of pyridine rings is 1. The lowest BCUT2D eigenvalue weighted by Crippen LogP contribution is -2.11. The molecule has 0 atom stereocenters. The highest BCUT2D eigenvalue weighted by Crippen LogP contribution is 2.19. The summed E-state index contributed by atoms with van der Waals surface area (Å²) in [5.74, 6) is -0.778. The lowest BCUT2D eigenvalue weighted by Gasteiger charge is -2.00. The van der Waals surface area contributed by atoms with Gasteiger partial charge in [-0.15, -0.1) is 0 Å². The molecule has 0 aliphatic rings. The van der Waals surface area contributed by atoms with Gasteiger partial charge in [-0.3, -0.25) is 15.1 Å². The highest BCUT2D eigenvalue weighted by atomic mass is 32.1. The molecule has 0 aliphatic heterocycles. The molecule has 6 nitrogen and oxygen atoms in total. The van der Waals surface area contributed by atoms with Crippen LogP contribution in [0.1, 0.15) is 20.0 Å². The Bertz CT molecular complexity index is 568. The number of hydrogen-bond acceptors (Lipinski definition) is 6. The Labute approximate surface area is 107 Å². The van der Waals surface area contributed by atoms with Crippen LogP contribution in [0.5, 0.6) is 0 Å². The van der Waals surface area contributed by atoms with Crippen LogP contribution >= 0.6 is 11.3 Å². The predicted molar refractivity (Wildman–Crippen MR) is 65.6 cm³/mol. The quantitative estimate of drug-likeness (QED) is 0.850. The van der Waals surface area contributed by atoms with Crippen molar-refractivity contribution in [2.24, 2.45) is 0 Å². The van der Waals surface area contributed by atoms with Gasteiger partial charge in [-0.1, -0.05) is 11.3 Å². The highest BCUT2D eigenvalue weighted by molar-refractivity contribution is 7.17. The lowest BCUT2D eigenvalue weighted by atomic mass is 10.2. The van der Waals surface area contributed by atoms with Crippen LogP contribution in [0.15, 0.2) is 30.7 Å². The second-order valence-electron chi connectivity index (χ2n) is 3.21. The van der Waals surface area contributed by atoms with Crippen molar-refractivity contribution in [1.82, 2.24) is 9.97 Å². The van der Waals surface area contributed by atoms with Gasteiger partial charge in [-0.25, -0.2) is 9.78 Å². The van der Waals surface area contributed by atoms with Crippen molar-refractivity contribution in [2.45, 2.75) is 0 Å². The number of rotatable bonds is 3. The third kappa shape index (κ3) is 2.69. The molecule has 2 aromatic rings. The minimum absolute atomic E-state index is 0.303. The van der Waals surface area contributed by atoms with E-state index in [-0.39, 0.29) is 5.91 Å². The second kappa shape index (κ2) is 5.37. The van der Waals surface area contributed by atoms with Crippen molar-refractivity contribution in [3.05, 3.63) is 41.2 Å². The lowest BCUT2D eigenvalue weighted by molar-refractivity contribution is 0.0606. The average molecular weight is 263 g/mol. The fourth-order valence-electron chi connectivity index (χ4n) is 1.20. The number of ether oxygens (including phenoxy) is 1. The number of nitrogens with one attached hydrogen (secondary N) is 1. The van der Waals surface area contributed by atoms with Gasteiger partial charge in [-0.2, -0.15) is 0 Å². The number of methoxy groups -OCH3 is 1. The summed E-state index contributed by atoms with van der Waals surface area (Å²) in [6.07, 6.45) is 4.41. The van der Waals surface area contributed by atoms with E-state index in [0.29, 0.717) is 15.6 Å². The number of thiazole rings is 1. The highest BCUT2D eigenvalue weighted by Gasteiger charge is 2.13. The second-order valence-corrected chi connectivity index (χ2v) is 4.24. The fraction of sp³-hybridized carbons (Fsp3) is 0.0909. The first-order valence-corrected chi connectivity index (χ1v) is 5.78. The fourth-order valence-corrected chi connectivity index (χ4v) is 1.93. The smallest absolute Gasteiger partial charge is 0.349 e. The van der Waals surface area contributed by atoms with E-state index in [0.717, 1.165) is 11.3 Å². The van der Waals surface area contributed by atoms with Gasteiger partial charge in [0.1, 0.15) is 4.88 Å². The topological polar surface area (TPSA) is 81.2 Å². The van der Waals surface area contributed by atoms with Crippen molar-refractivity contribution in [2.75, 3.05) is 12.4 Å². The molecule has 2 aromatic heterocycles. The Balaban J connectivity index is 2.08. The van der Waals surface area contributed by atoms with Crippen molar-refractivity contribution >= 4 is 28.3 Å². The largest absolute Gasteiger partial charge is 0.465 e. The Kier molecular flexibility index (Phi) is 3.63. The van der Waals surface area contributed by atoms with Crippen LogP contribution in [0.3, 0.4) is 0 Å². The Hall–Kier alpha value is -2.28. The summed E-state index contributed by atoms with van der Waals surface area (Å²) < 4.78 is 4.55. The summed E-state index contributed by atoms with van der Waals surface area (Å²) in [7, 11) is 1.29. The van der Waals surface area contributed by atoms with Gasteiger partial charge in [0, 0.05) is 18.0 Å². The monoisotopic (exact) mass is 263 g/mol. The summed E-state index contributed by atoms with van der Waals surface area (Å²) in [6.45, 7) is 0. The number of esters is 1. The maximum absolute atomic E-state index is 11.8. The van der Waals surface area contributed by atoms with Gasteiger partial charge >= 0.3 is 5.97 Å². The van der Waals surface area contributed by atoms with E-state index in [1.54, 1.807) is 12.1 Å². The summed E-state index contributed by atoms with van der Waals surface area (Å²) in [5.41, 5.74) is 0.472. The van der Waals surface area contributed by atoms with Crippen molar-refractivity contribution in [3.8, 4) is 0 Å². The molecule has 0 spiro atoms. The molecule has 1 N–H and O–H groups in total. The van der Waals surface area contributed by atoms with Gasteiger partial charge in [0.2, 0.25) is 0 Å². The number of hydrogen-bond donors (Lipinski definition) is 1. The molecule has 2 heterocycles. The molecule has 0 radical (unpaired) electrons. The van der Waals surface area contributed by atoms with E-state index in [1.165, 1.54) is 25.7 Å². The maximum Gasteiger partial charge on any atom is 0.349 e. The number of carbonyl (C=O) groups excluding carboxylic acids is 2. The van der Waals surface area contributed by atoms with Gasteiger partial charge in [0.05, 0.1) is 13.3 Å². The molecule has 92 valence electrons. The van der Waals surface area contributed by atoms with Crippen molar-refractivity contribution in [3.63, 3.8) is 0 Å². The molecule has 0 aliphatic carbocycles. The molecule has 0 unspecified atom stereocenters. The maximum atomic E-state index is 11.8.